The highest BCUT2D eigenvalue weighted by molar-refractivity contribution is 5.77. The minimum Gasteiger partial charge on any atom is -0.466 e. The van der Waals surface area contributed by atoms with E-state index < -0.39 is 0 Å². The third kappa shape index (κ3) is 2.52. The van der Waals surface area contributed by atoms with Crippen LogP contribution in [0.25, 0.3) is 0 Å². The topological polar surface area (TPSA) is 35.5 Å². The van der Waals surface area contributed by atoms with Crippen molar-refractivity contribution in [3.63, 3.8) is 0 Å². The van der Waals surface area contributed by atoms with Gasteiger partial charge < -0.3 is 9.47 Å². The van der Waals surface area contributed by atoms with Crippen LogP contribution in [0.3, 0.4) is 0 Å². The lowest BCUT2D eigenvalue weighted by Crippen LogP contribution is -2.59. The van der Waals surface area contributed by atoms with Gasteiger partial charge in [0.1, 0.15) is 0 Å². The first kappa shape index (κ1) is 19.5. The molecule has 4 fully saturated rings. The van der Waals surface area contributed by atoms with Crippen molar-refractivity contribution in [2.45, 2.75) is 91.1 Å². The van der Waals surface area contributed by atoms with E-state index in [0.29, 0.717) is 23.9 Å². The average molecular weight is 375 g/mol. The molecule has 0 aliphatic heterocycles. The molecule has 152 valence electrons. The van der Waals surface area contributed by atoms with Crippen molar-refractivity contribution in [2.24, 2.45) is 28.1 Å². The second-order valence-electron chi connectivity index (χ2n) is 10.4. The molecule has 0 aromatic carbocycles. The summed E-state index contributed by atoms with van der Waals surface area (Å²) in [4.78, 5) is 13.0. The van der Waals surface area contributed by atoms with Gasteiger partial charge in [0.25, 0.3) is 0 Å². The van der Waals surface area contributed by atoms with E-state index in [2.05, 4.69) is 27.4 Å². The van der Waals surface area contributed by atoms with E-state index in [4.69, 9.17) is 9.47 Å². The first-order chi connectivity index (χ1) is 12.8. The van der Waals surface area contributed by atoms with Crippen LogP contribution in [0.15, 0.2) is 12.2 Å². The molecule has 0 radical (unpaired) electrons. The summed E-state index contributed by atoms with van der Waals surface area (Å²) >= 11 is 0. The lowest BCUT2D eigenvalue weighted by molar-refractivity contribution is -0.192. The lowest BCUT2D eigenvalue weighted by Gasteiger charge is -2.64. The van der Waals surface area contributed by atoms with Crippen molar-refractivity contribution < 1.29 is 14.3 Å². The monoisotopic (exact) mass is 374 g/mol. The molecule has 27 heavy (non-hydrogen) atoms. The van der Waals surface area contributed by atoms with Crippen LogP contribution >= 0.6 is 0 Å². The molecular weight excluding hydrogens is 336 g/mol. The van der Waals surface area contributed by atoms with Gasteiger partial charge in [0, 0.05) is 6.61 Å². The van der Waals surface area contributed by atoms with E-state index in [9.17, 15) is 4.79 Å². The second kappa shape index (κ2) is 6.34. The Labute approximate surface area is 165 Å². The molecule has 3 heteroatoms. The van der Waals surface area contributed by atoms with Crippen LogP contribution in [0.1, 0.15) is 85.5 Å². The van der Waals surface area contributed by atoms with Crippen LogP contribution in [0, 0.1) is 28.1 Å². The molecule has 0 aromatic heterocycles. The number of hydrogen-bond acceptors (Lipinski definition) is 3. The van der Waals surface area contributed by atoms with E-state index in [0.717, 1.165) is 45.1 Å². The minimum absolute atomic E-state index is 0.0483. The van der Waals surface area contributed by atoms with Crippen molar-refractivity contribution in [3.8, 4) is 0 Å². The highest BCUT2D eigenvalue weighted by Gasteiger charge is 2.68. The second-order valence-corrected chi connectivity index (χ2v) is 10.4. The van der Waals surface area contributed by atoms with Crippen LogP contribution in [-0.2, 0) is 14.3 Å². The number of carbonyl (C=O) groups is 1. The number of ether oxygens (including phenoxy) is 2. The summed E-state index contributed by atoms with van der Waals surface area (Å²) in [6, 6.07) is 0. The molecule has 0 aromatic rings. The Bertz CT molecular complexity index is 642. The molecule has 4 saturated carbocycles. The number of hydrogen-bond donors (Lipinski definition) is 0. The third-order valence-corrected chi connectivity index (χ3v) is 9.29. The van der Waals surface area contributed by atoms with Crippen molar-refractivity contribution in [2.75, 3.05) is 13.2 Å². The van der Waals surface area contributed by atoms with Gasteiger partial charge in [-0.3, -0.25) is 4.79 Å². The van der Waals surface area contributed by atoms with Crippen LogP contribution in [0.5, 0.6) is 0 Å². The lowest BCUT2D eigenvalue weighted by atomic mass is 9.41. The summed E-state index contributed by atoms with van der Waals surface area (Å²) in [5, 5.41) is 0. The van der Waals surface area contributed by atoms with E-state index in [1.54, 1.807) is 0 Å². The third-order valence-electron chi connectivity index (χ3n) is 9.29. The van der Waals surface area contributed by atoms with Gasteiger partial charge in [-0.2, -0.15) is 0 Å². The van der Waals surface area contributed by atoms with E-state index in [1.165, 1.54) is 24.8 Å². The maximum Gasteiger partial charge on any atom is 0.312 e. The predicted octanol–water partition coefficient (Wildman–Crippen LogP) is 5.68. The fraction of sp³-hybridized carbons (Fsp3) is 0.875. The van der Waals surface area contributed by atoms with E-state index in [1.807, 2.05) is 6.92 Å². The standard InChI is InChI=1S/C24H38O3/c1-6-26-20(25)22(5)12-8-11-21(4)18(22)9-13-23-15-17(3)24(16-23,27-7-2)14-10-19(21)23/h18-19H,3,6-16H2,1-2,4-5H3/t18-,19-,21+,22+,23+,24-/m0/s1. The smallest absolute Gasteiger partial charge is 0.312 e. The summed E-state index contributed by atoms with van der Waals surface area (Å²) in [6.45, 7) is 14.5. The molecule has 4 rings (SSSR count). The van der Waals surface area contributed by atoms with Gasteiger partial charge in [0.05, 0.1) is 17.6 Å². The van der Waals surface area contributed by atoms with Crippen LogP contribution in [0.4, 0.5) is 0 Å². The number of rotatable bonds is 4. The summed E-state index contributed by atoms with van der Waals surface area (Å²) in [5.74, 6) is 1.18. The normalized spacial score (nSPS) is 48.7. The fourth-order valence-electron chi connectivity index (χ4n) is 8.37. The average Bonchev–Trinajstić information content (AvgIpc) is 2.80. The van der Waals surface area contributed by atoms with Crippen molar-refractivity contribution in [1.82, 2.24) is 0 Å². The van der Waals surface area contributed by atoms with Crippen LogP contribution in [-0.4, -0.2) is 24.8 Å². The predicted molar refractivity (Wildman–Crippen MR) is 107 cm³/mol. The first-order valence-electron chi connectivity index (χ1n) is 11.3. The molecule has 1 spiro atoms. The Balaban J connectivity index is 1.68. The van der Waals surface area contributed by atoms with Gasteiger partial charge in [0.2, 0.25) is 0 Å². The van der Waals surface area contributed by atoms with Crippen molar-refractivity contribution in [1.29, 1.82) is 0 Å². The largest absolute Gasteiger partial charge is 0.466 e. The van der Waals surface area contributed by atoms with Crippen LogP contribution < -0.4 is 0 Å². The highest BCUT2D eigenvalue weighted by atomic mass is 16.5. The summed E-state index contributed by atoms with van der Waals surface area (Å²) in [6.07, 6.45) is 10.4. The number of fused-ring (bicyclic) bond motifs is 3. The van der Waals surface area contributed by atoms with Gasteiger partial charge in [-0.15, -0.1) is 0 Å². The van der Waals surface area contributed by atoms with Gasteiger partial charge >= 0.3 is 5.97 Å². The Morgan fingerprint density at radius 3 is 2.52 bits per heavy atom. The summed E-state index contributed by atoms with van der Waals surface area (Å²) < 4.78 is 11.9. The Kier molecular flexibility index (Phi) is 4.57. The van der Waals surface area contributed by atoms with E-state index >= 15 is 0 Å². The Hall–Kier alpha value is -0.830. The molecular formula is C24H38O3. The quantitative estimate of drug-likeness (QED) is 0.469. The van der Waals surface area contributed by atoms with Crippen LogP contribution in [0.2, 0.25) is 0 Å². The van der Waals surface area contributed by atoms with Crippen molar-refractivity contribution >= 4 is 5.97 Å². The molecule has 4 aliphatic carbocycles. The molecule has 0 saturated heterocycles. The fourth-order valence-corrected chi connectivity index (χ4v) is 8.37. The van der Waals surface area contributed by atoms with E-state index in [-0.39, 0.29) is 22.4 Å². The molecule has 3 nitrogen and oxygen atoms in total. The summed E-state index contributed by atoms with van der Waals surface area (Å²) in [5.41, 5.74) is 1.56. The minimum atomic E-state index is -0.311. The first-order valence-corrected chi connectivity index (χ1v) is 11.3. The molecule has 4 aliphatic rings. The van der Waals surface area contributed by atoms with Gasteiger partial charge in [0.15, 0.2) is 0 Å². The molecule has 0 amide bonds. The van der Waals surface area contributed by atoms with Gasteiger partial charge in [-0.1, -0.05) is 19.9 Å². The summed E-state index contributed by atoms with van der Waals surface area (Å²) in [7, 11) is 0. The molecule has 6 atom stereocenters. The zero-order valence-corrected chi connectivity index (χ0v) is 17.9. The SMILES string of the molecule is C=C1C[C@@]23CC[C@H]4[C@@](C)(CCC[C@@]4(C)C(=O)OCC)[C@@H]2CC[C@]1(OCC)C3. The number of esters is 1. The van der Waals surface area contributed by atoms with Gasteiger partial charge in [-0.25, -0.2) is 0 Å². The maximum atomic E-state index is 13.0. The molecule has 0 heterocycles. The Morgan fingerprint density at radius 2 is 1.81 bits per heavy atom. The highest BCUT2D eigenvalue weighted by Crippen LogP contribution is 2.73. The van der Waals surface area contributed by atoms with Gasteiger partial charge in [-0.05, 0) is 100 Å². The zero-order valence-electron chi connectivity index (χ0n) is 17.9. The Morgan fingerprint density at radius 1 is 1.07 bits per heavy atom. The molecule has 0 N–H and O–H groups in total. The van der Waals surface area contributed by atoms with Crippen molar-refractivity contribution in [3.05, 3.63) is 12.2 Å². The zero-order chi connectivity index (χ0) is 19.5. The number of carbonyl (C=O) groups excluding carboxylic acids is 1. The maximum absolute atomic E-state index is 13.0. The molecule has 2 bridgehead atoms. The molecule has 0 unspecified atom stereocenters.